The van der Waals surface area contributed by atoms with Crippen molar-refractivity contribution < 1.29 is 9.18 Å². The molecule has 0 aliphatic heterocycles. The topological polar surface area (TPSA) is 119 Å². The van der Waals surface area contributed by atoms with Crippen molar-refractivity contribution in [2.75, 3.05) is 11.9 Å². The fourth-order valence-corrected chi connectivity index (χ4v) is 4.13. The number of nitrogens with zero attached hydrogens (tertiary/aromatic N) is 4. The highest BCUT2D eigenvalue weighted by atomic mass is 19.1. The molecule has 8 nitrogen and oxygen atoms in total. The minimum absolute atomic E-state index is 0.170. The van der Waals surface area contributed by atoms with Gasteiger partial charge in [-0.3, -0.25) is 10.1 Å². The average molecular weight is 450 g/mol. The van der Waals surface area contributed by atoms with Gasteiger partial charge in [0.2, 0.25) is 17.8 Å². The van der Waals surface area contributed by atoms with Crippen LogP contribution in [-0.2, 0) is 11.2 Å². The predicted molar refractivity (Wildman–Crippen MR) is 123 cm³/mol. The number of carbonyl (C=O) groups is 1. The van der Waals surface area contributed by atoms with Crippen LogP contribution in [0.5, 0.6) is 0 Å². The van der Waals surface area contributed by atoms with Crippen molar-refractivity contribution in [3.05, 3.63) is 72.1 Å². The number of hydrogen-bond acceptors (Lipinski definition) is 7. The zero-order valence-electron chi connectivity index (χ0n) is 18.3. The maximum Gasteiger partial charge on any atom is 0.237 e. The molecule has 1 atom stereocenters. The maximum absolute atomic E-state index is 13.0. The first-order valence-corrected chi connectivity index (χ1v) is 11.2. The van der Waals surface area contributed by atoms with Crippen LogP contribution in [-0.4, -0.2) is 38.4 Å². The number of aromatic nitrogens is 4. The molecule has 0 saturated heterocycles. The molecule has 1 aliphatic carbocycles. The van der Waals surface area contributed by atoms with Crippen LogP contribution in [0, 0.1) is 11.7 Å². The third-order valence-corrected chi connectivity index (χ3v) is 6.00. The minimum atomic E-state index is -0.646. The summed E-state index contributed by atoms with van der Waals surface area (Å²) in [5, 5.41) is 6.02. The molecule has 1 fully saturated rings. The maximum atomic E-state index is 13.0. The smallest absolute Gasteiger partial charge is 0.237 e. The molecule has 0 bridgehead atoms. The van der Waals surface area contributed by atoms with Crippen LogP contribution in [0.1, 0.15) is 42.9 Å². The normalized spacial score (nSPS) is 19.0. The second-order valence-electron chi connectivity index (χ2n) is 8.40. The van der Waals surface area contributed by atoms with E-state index in [-0.39, 0.29) is 11.7 Å². The van der Waals surface area contributed by atoms with E-state index < -0.39 is 6.04 Å². The van der Waals surface area contributed by atoms with Gasteiger partial charge in [0.05, 0.1) is 6.04 Å². The summed E-state index contributed by atoms with van der Waals surface area (Å²) in [4.78, 5) is 29.6. The molecule has 2 heterocycles. The van der Waals surface area contributed by atoms with Crippen LogP contribution < -0.4 is 16.4 Å². The number of rotatable bonds is 8. The van der Waals surface area contributed by atoms with E-state index in [0.717, 1.165) is 36.9 Å². The third kappa shape index (κ3) is 6.52. The minimum Gasteiger partial charge on any atom is -0.354 e. The van der Waals surface area contributed by atoms with Crippen LogP contribution in [0.15, 0.2) is 55.0 Å². The number of nitrogens with two attached hydrogens (primary N) is 1. The van der Waals surface area contributed by atoms with Gasteiger partial charge < -0.3 is 11.1 Å². The SMILES string of the molecule is NC(Cc1ccc(F)cc1)C(=O)NCC1CCC(c2ccnc(Nc3ncccn3)n2)CC1. The first-order chi connectivity index (χ1) is 16.1. The fourth-order valence-electron chi connectivity index (χ4n) is 4.13. The lowest BCUT2D eigenvalue weighted by molar-refractivity contribution is -0.122. The highest BCUT2D eigenvalue weighted by Gasteiger charge is 2.25. The van der Waals surface area contributed by atoms with Crippen LogP contribution in [0.4, 0.5) is 16.3 Å². The number of anilines is 2. The number of amides is 1. The summed E-state index contributed by atoms with van der Waals surface area (Å²) in [5.41, 5.74) is 7.89. The van der Waals surface area contributed by atoms with E-state index in [1.807, 2.05) is 6.07 Å². The summed E-state index contributed by atoms with van der Waals surface area (Å²) in [5.74, 6) is 1.26. The highest BCUT2D eigenvalue weighted by Crippen LogP contribution is 2.34. The van der Waals surface area contributed by atoms with Gasteiger partial charge in [-0.2, -0.15) is 0 Å². The van der Waals surface area contributed by atoms with Gasteiger partial charge >= 0.3 is 0 Å². The van der Waals surface area contributed by atoms with E-state index in [2.05, 4.69) is 30.6 Å². The predicted octanol–water partition coefficient (Wildman–Crippen LogP) is 3.11. The Bertz CT molecular complexity index is 1040. The molecule has 0 spiro atoms. The van der Waals surface area contributed by atoms with E-state index in [1.54, 1.807) is 36.8 Å². The van der Waals surface area contributed by atoms with Crippen molar-refractivity contribution in [2.24, 2.45) is 11.7 Å². The third-order valence-electron chi connectivity index (χ3n) is 6.00. The van der Waals surface area contributed by atoms with E-state index in [4.69, 9.17) is 5.73 Å². The van der Waals surface area contributed by atoms with Crippen LogP contribution >= 0.6 is 0 Å². The molecule has 2 aromatic heterocycles. The zero-order chi connectivity index (χ0) is 23.0. The van der Waals surface area contributed by atoms with Crippen molar-refractivity contribution >= 4 is 17.8 Å². The molecule has 33 heavy (non-hydrogen) atoms. The summed E-state index contributed by atoms with van der Waals surface area (Å²) in [6, 6.07) is 9.14. The van der Waals surface area contributed by atoms with E-state index in [1.165, 1.54) is 12.1 Å². The average Bonchev–Trinajstić information content (AvgIpc) is 2.85. The number of carbonyl (C=O) groups excluding carboxylic acids is 1. The molecule has 172 valence electrons. The second kappa shape index (κ2) is 10.9. The molecule has 1 saturated carbocycles. The van der Waals surface area contributed by atoms with Gasteiger partial charge in [0.15, 0.2) is 0 Å². The summed E-state index contributed by atoms with van der Waals surface area (Å²) < 4.78 is 13.0. The Kier molecular flexibility index (Phi) is 7.51. The Balaban J connectivity index is 1.22. The van der Waals surface area contributed by atoms with Gasteiger partial charge in [-0.05, 0) is 67.9 Å². The standard InChI is InChI=1S/C24H28FN7O/c25-19-8-4-16(5-9-19)14-20(26)22(33)30-15-17-2-6-18(7-3-17)21-10-13-29-24(31-21)32-23-27-11-1-12-28-23/h1,4-5,8-13,17-18,20H,2-3,6-7,14-15,26H2,(H,30,33)(H,27,28,29,31,32). The van der Waals surface area contributed by atoms with Gasteiger partial charge in [-0.15, -0.1) is 0 Å². The van der Waals surface area contributed by atoms with Crippen LogP contribution in [0.2, 0.25) is 0 Å². The number of benzene rings is 1. The summed E-state index contributed by atoms with van der Waals surface area (Å²) in [6.45, 7) is 0.616. The molecule has 1 unspecified atom stereocenters. The van der Waals surface area contributed by atoms with E-state index in [0.29, 0.717) is 36.7 Å². The lowest BCUT2D eigenvalue weighted by Gasteiger charge is -2.28. The Morgan fingerprint density at radius 1 is 1.00 bits per heavy atom. The lowest BCUT2D eigenvalue weighted by Crippen LogP contribution is -2.44. The van der Waals surface area contributed by atoms with Gasteiger partial charge in [0, 0.05) is 36.7 Å². The van der Waals surface area contributed by atoms with Crippen molar-refractivity contribution in [1.29, 1.82) is 0 Å². The molecule has 4 rings (SSSR count). The van der Waals surface area contributed by atoms with Crippen LogP contribution in [0.3, 0.4) is 0 Å². The Hall–Kier alpha value is -3.46. The molecule has 1 amide bonds. The molecule has 0 radical (unpaired) electrons. The Morgan fingerprint density at radius 2 is 1.70 bits per heavy atom. The molecule has 3 aromatic rings. The number of nitrogens with one attached hydrogen (secondary N) is 2. The summed E-state index contributed by atoms with van der Waals surface area (Å²) >= 11 is 0. The quantitative estimate of drug-likeness (QED) is 0.483. The van der Waals surface area contributed by atoms with E-state index >= 15 is 0 Å². The Labute approximate surface area is 192 Å². The van der Waals surface area contributed by atoms with Gasteiger partial charge in [0.1, 0.15) is 5.82 Å². The van der Waals surface area contributed by atoms with Gasteiger partial charge in [-0.1, -0.05) is 12.1 Å². The van der Waals surface area contributed by atoms with Crippen molar-refractivity contribution in [3.63, 3.8) is 0 Å². The van der Waals surface area contributed by atoms with Crippen molar-refractivity contribution in [1.82, 2.24) is 25.3 Å². The Morgan fingerprint density at radius 3 is 2.42 bits per heavy atom. The molecule has 1 aromatic carbocycles. The number of hydrogen-bond donors (Lipinski definition) is 3. The molecular weight excluding hydrogens is 421 g/mol. The monoisotopic (exact) mass is 449 g/mol. The van der Waals surface area contributed by atoms with Gasteiger partial charge in [-0.25, -0.2) is 24.3 Å². The van der Waals surface area contributed by atoms with Crippen molar-refractivity contribution in [2.45, 2.75) is 44.1 Å². The summed E-state index contributed by atoms with van der Waals surface area (Å²) in [6.07, 6.45) is 9.48. The first-order valence-electron chi connectivity index (χ1n) is 11.2. The number of halogens is 1. The second-order valence-corrected chi connectivity index (χ2v) is 8.40. The lowest BCUT2D eigenvalue weighted by atomic mass is 9.80. The summed E-state index contributed by atoms with van der Waals surface area (Å²) in [7, 11) is 0. The molecule has 9 heteroatoms. The van der Waals surface area contributed by atoms with Gasteiger partial charge in [0.25, 0.3) is 0 Å². The molecule has 1 aliphatic rings. The van der Waals surface area contributed by atoms with E-state index in [9.17, 15) is 9.18 Å². The van der Waals surface area contributed by atoms with Crippen molar-refractivity contribution in [3.8, 4) is 0 Å². The van der Waals surface area contributed by atoms with Crippen LogP contribution in [0.25, 0.3) is 0 Å². The molecular formula is C24H28FN7O. The highest BCUT2D eigenvalue weighted by molar-refractivity contribution is 5.81. The fraction of sp³-hybridized carbons (Fsp3) is 0.375. The largest absolute Gasteiger partial charge is 0.354 e. The first kappa shape index (κ1) is 22.7. The molecule has 4 N–H and O–H groups in total. The zero-order valence-corrected chi connectivity index (χ0v) is 18.3.